The van der Waals surface area contributed by atoms with Crippen LogP contribution in [0.1, 0.15) is 61.3 Å². The Balaban J connectivity index is 3.86. The maximum Gasteiger partial charge on any atom is 0.410 e. The van der Waals surface area contributed by atoms with E-state index in [9.17, 15) is 4.79 Å². The van der Waals surface area contributed by atoms with Gasteiger partial charge in [-0.3, -0.25) is 0 Å². The van der Waals surface area contributed by atoms with E-state index in [1.54, 1.807) is 7.05 Å². The van der Waals surface area contributed by atoms with E-state index in [0.717, 1.165) is 12.8 Å². The van der Waals surface area contributed by atoms with Crippen LogP contribution in [0.25, 0.3) is 0 Å². The van der Waals surface area contributed by atoms with Crippen LogP contribution in [0.3, 0.4) is 0 Å². The maximum absolute atomic E-state index is 11.8. The summed E-state index contributed by atoms with van der Waals surface area (Å²) < 4.78 is 16.8. The summed E-state index contributed by atoms with van der Waals surface area (Å²) in [7, 11) is 1.71. The first kappa shape index (κ1) is 23.1. The van der Waals surface area contributed by atoms with Crippen LogP contribution in [0.15, 0.2) is 0 Å². The van der Waals surface area contributed by atoms with E-state index >= 15 is 0 Å². The van der Waals surface area contributed by atoms with Gasteiger partial charge < -0.3 is 24.8 Å². The second kappa shape index (κ2) is 9.59. The SMILES string of the molecule is CN(CCOCCC(C)(C)OCCC(C)(C)N)C(=O)OC(C)(C)C. The number of carbonyl (C=O) groups excluding carboxylic acids is 1. The number of hydrogen-bond donors (Lipinski definition) is 1. The predicted molar refractivity (Wildman–Crippen MR) is 97.2 cm³/mol. The van der Waals surface area contributed by atoms with E-state index in [2.05, 4.69) is 0 Å². The van der Waals surface area contributed by atoms with E-state index in [4.69, 9.17) is 19.9 Å². The number of hydrogen-bond acceptors (Lipinski definition) is 5. The van der Waals surface area contributed by atoms with Gasteiger partial charge in [0.25, 0.3) is 0 Å². The van der Waals surface area contributed by atoms with E-state index < -0.39 is 5.60 Å². The van der Waals surface area contributed by atoms with Crippen LogP contribution in [-0.4, -0.2) is 61.1 Å². The Labute approximate surface area is 148 Å². The summed E-state index contributed by atoms with van der Waals surface area (Å²) in [6, 6.07) is 0. The highest BCUT2D eigenvalue weighted by molar-refractivity contribution is 5.67. The Bertz CT molecular complexity index is 370. The summed E-state index contributed by atoms with van der Waals surface area (Å²) in [5.41, 5.74) is 5.01. The highest BCUT2D eigenvalue weighted by atomic mass is 16.6. The Morgan fingerprint density at radius 2 is 1.54 bits per heavy atom. The second-order valence-corrected chi connectivity index (χ2v) is 8.61. The average Bonchev–Trinajstić information content (AvgIpc) is 2.33. The first-order valence-corrected chi connectivity index (χ1v) is 8.67. The molecule has 24 heavy (non-hydrogen) atoms. The highest BCUT2D eigenvalue weighted by Crippen LogP contribution is 2.16. The van der Waals surface area contributed by atoms with Crippen LogP contribution < -0.4 is 5.73 Å². The van der Waals surface area contributed by atoms with Crippen molar-refractivity contribution in [2.24, 2.45) is 5.73 Å². The molecule has 0 aliphatic rings. The van der Waals surface area contributed by atoms with Gasteiger partial charge >= 0.3 is 6.09 Å². The van der Waals surface area contributed by atoms with Gasteiger partial charge in [0.05, 0.1) is 12.2 Å². The molecule has 0 aromatic heterocycles. The molecule has 6 heteroatoms. The van der Waals surface area contributed by atoms with Gasteiger partial charge in [-0.2, -0.15) is 0 Å². The number of nitrogens with zero attached hydrogens (tertiary/aromatic N) is 1. The third-order valence-electron chi connectivity index (χ3n) is 3.36. The number of amides is 1. The van der Waals surface area contributed by atoms with E-state index in [0.29, 0.717) is 26.4 Å². The lowest BCUT2D eigenvalue weighted by molar-refractivity contribution is -0.0465. The predicted octanol–water partition coefficient (Wildman–Crippen LogP) is 3.18. The molecule has 1 amide bonds. The molecule has 0 atom stereocenters. The molecular weight excluding hydrogens is 308 g/mol. The van der Waals surface area contributed by atoms with Gasteiger partial charge in [-0.15, -0.1) is 0 Å². The van der Waals surface area contributed by atoms with Crippen LogP contribution in [-0.2, 0) is 14.2 Å². The lowest BCUT2D eigenvalue weighted by Gasteiger charge is -2.28. The van der Waals surface area contributed by atoms with Crippen molar-refractivity contribution < 1.29 is 19.0 Å². The smallest absolute Gasteiger partial charge is 0.410 e. The van der Waals surface area contributed by atoms with Crippen LogP contribution in [0.2, 0.25) is 0 Å². The molecular formula is C18H38N2O4. The molecule has 144 valence electrons. The van der Waals surface area contributed by atoms with Crippen molar-refractivity contribution in [3.05, 3.63) is 0 Å². The normalized spacial score (nSPS) is 13.0. The van der Waals surface area contributed by atoms with E-state index in [1.807, 2.05) is 48.5 Å². The summed E-state index contributed by atoms with van der Waals surface area (Å²) >= 11 is 0. The molecule has 2 N–H and O–H groups in total. The number of rotatable bonds is 10. The third kappa shape index (κ3) is 13.6. The van der Waals surface area contributed by atoms with Gasteiger partial charge in [-0.05, 0) is 61.3 Å². The molecule has 0 aromatic carbocycles. The largest absolute Gasteiger partial charge is 0.444 e. The minimum atomic E-state index is -0.480. The zero-order valence-electron chi connectivity index (χ0n) is 16.9. The van der Waals surface area contributed by atoms with Crippen LogP contribution in [0.5, 0.6) is 0 Å². The number of carbonyl (C=O) groups is 1. The maximum atomic E-state index is 11.8. The number of likely N-dealkylation sites (N-methyl/N-ethyl adjacent to an activating group) is 1. The van der Waals surface area contributed by atoms with Crippen molar-refractivity contribution in [3.8, 4) is 0 Å². The van der Waals surface area contributed by atoms with Gasteiger partial charge in [0.1, 0.15) is 5.60 Å². The fourth-order valence-corrected chi connectivity index (χ4v) is 1.72. The van der Waals surface area contributed by atoms with Crippen molar-refractivity contribution in [2.75, 3.05) is 33.4 Å². The summed E-state index contributed by atoms with van der Waals surface area (Å²) in [6.45, 7) is 15.8. The Morgan fingerprint density at radius 1 is 0.958 bits per heavy atom. The summed E-state index contributed by atoms with van der Waals surface area (Å²) in [6.07, 6.45) is 1.27. The van der Waals surface area contributed by atoms with E-state index in [-0.39, 0.29) is 17.2 Å². The van der Waals surface area contributed by atoms with E-state index in [1.165, 1.54) is 4.90 Å². The molecule has 0 bridgehead atoms. The monoisotopic (exact) mass is 346 g/mol. The van der Waals surface area contributed by atoms with Gasteiger partial charge in [0.2, 0.25) is 0 Å². The molecule has 0 aromatic rings. The van der Waals surface area contributed by atoms with Crippen molar-refractivity contribution >= 4 is 6.09 Å². The Morgan fingerprint density at radius 3 is 2.04 bits per heavy atom. The second-order valence-electron chi connectivity index (χ2n) is 8.61. The topological polar surface area (TPSA) is 74.0 Å². The molecule has 0 unspecified atom stereocenters. The fourth-order valence-electron chi connectivity index (χ4n) is 1.72. The summed E-state index contributed by atoms with van der Waals surface area (Å²) in [4.78, 5) is 13.3. The molecule has 0 fully saturated rings. The molecule has 0 spiro atoms. The number of ether oxygens (including phenoxy) is 3. The van der Waals surface area contributed by atoms with Crippen molar-refractivity contribution in [3.63, 3.8) is 0 Å². The van der Waals surface area contributed by atoms with Crippen LogP contribution in [0.4, 0.5) is 4.79 Å². The molecule has 0 saturated heterocycles. The molecule has 0 radical (unpaired) electrons. The first-order chi connectivity index (χ1) is 10.7. The lowest BCUT2D eigenvalue weighted by Crippen LogP contribution is -2.36. The minimum Gasteiger partial charge on any atom is -0.444 e. The first-order valence-electron chi connectivity index (χ1n) is 8.67. The van der Waals surface area contributed by atoms with Crippen molar-refractivity contribution in [2.45, 2.75) is 78.0 Å². The van der Waals surface area contributed by atoms with Crippen molar-refractivity contribution in [1.82, 2.24) is 4.90 Å². The Hall–Kier alpha value is -0.850. The molecule has 0 aliphatic heterocycles. The van der Waals surface area contributed by atoms with Gasteiger partial charge in [-0.25, -0.2) is 4.79 Å². The van der Waals surface area contributed by atoms with Crippen LogP contribution >= 0.6 is 0 Å². The Kier molecular flexibility index (Phi) is 9.25. The zero-order chi connectivity index (χ0) is 19.0. The average molecular weight is 347 g/mol. The fraction of sp³-hybridized carbons (Fsp3) is 0.944. The number of nitrogens with two attached hydrogens (primary N) is 1. The minimum absolute atomic E-state index is 0.209. The van der Waals surface area contributed by atoms with Gasteiger partial charge in [0.15, 0.2) is 0 Å². The van der Waals surface area contributed by atoms with Crippen LogP contribution in [0, 0.1) is 0 Å². The quantitative estimate of drug-likeness (QED) is 0.615. The zero-order valence-corrected chi connectivity index (χ0v) is 16.9. The van der Waals surface area contributed by atoms with Gasteiger partial charge in [0, 0.05) is 32.3 Å². The standard InChI is InChI=1S/C18H38N2O4/c1-16(2,3)24-15(21)20(8)11-14-22-12-10-18(6,7)23-13-9-17(4,5)19/h9-14,19H2,1-8H3. The third-order valence-corrected chi connectivity index (χ3v) is 3.36. The highest BCUT2D eigenvalue weighted by Gasteiger charge is 2.21. The molecule has 6 nitrogen and oxygen atoms in total. The molecule has 0 aliphatic carbocycles. The molecule has 0 heterocycles. The molecule has 0 rings (SSSR count). The van der Waals surface area contributed by atoms with Crippen molar-refractivity contribution in [1.29, 1.82) is 0 Å². The summed E-state index contributed by atoms with van der Waals surface area (Å²) in [5, 5.41) is 0. The molecule has 0 saturated carbocycles. The summed E-state index contributed by atoms with van der Waals surface area (Å²) in [5.74, 6) is 0. The van der Waals surface area contributed by atoms with Gasteiger partial charge in [-0.1, -0.05) is 0 Å². The lowest BCUT2D eigenvalue weighted by atomic mass is 10.0.